The summed E-state index contributed by atoms with van der Waals surface area (Å²) in [7, 11) is -2.28. The summed E-state index contributed by atoms with van der Waals surface area (Å²) in [5.74, 6) is -0.514. The molecular weight excluding hydrogens is 544 g/mol. The van der Waals surface area contributed by atoms with Gasteiger partial charge in [-0.3, -0.25) is 9.52 Å². The number of nitrogens with zero attached hydrogens (tertiary/aromatic N) is 2. The number of fused-ring (bicyclic) bond motifs is 1. The highest BCUT2D eigenvalue weighted by molar-refractivity contribution is 7.92. The maximum Gasteiger partial charge on any atom is 0.317 e. The van der Waals surface area contributed by atoms with Crippen molar-refractivity contribution in [1.82, 2.24) is 15.1 Å². The Labute approximate surface area is 243 Å². The third kappa shape index (κ3) is 7.32. The first-order valence-corrected chi connectivity index (χ1v) is 15.8. The Kier molecular flexibility index (Phi) is 9.80. The lowest BCUT2D eigenvalue weighted by Gasteiger charge is -2.38. The number of urea groups is 1. The predicted molar refractivity (Wildman–Crippen MR) is 158 cm³/mol. The molecule has 4 rings (SSSR count). The fraction of sp³-hybridized carbons (Fsp3) is 0.533. The summed E-state index contributed by atoms with van der Waals surface area (Å²) in [5, 5.41) is 13.0. The molecule has 2 aliphatic rings. The van der Waals surface area contributed by atoms with Crippen LogP contribution in [0.1, 0.15) is 61.9 Å². The molecule has 3 N–H and O–H groups in total. The summed E-state index contributed by atoms with van der Waals surface area (Å²) < 4.78 is 35.7. The Balaban J connectivity index is 1.66. The maximum atomic E-state index is 13.7. The lowest BCUT2D eigenvalue weighted by Crippen LogP contribution is -2.52. The second kappa shape index (κ2) is 13.1. The van der Waals surface area contributed by atoms with Gasteiger partial charge >= 0.3 is 6.03 Å². The lowest BCUT2D eigenvalue weighted by molar-refractivity contribution is 0.0368. The van der Waals surface area contributed by atoms with Gasteiger partial charge in [0, 0.05) is 25.6 Å². The lowest BCUT2D eigenvalue weighted by atomic mass is 9.96. The Morgan fingerprint density at radius 2 is 1.83 bits per heavy atom. The van der Waals surface area contributed by atoms with Gasteiger partial charge in [0.2, 0.25) is 0 Å². The van der Waals surface area contributed by atoms with Gasteiger partial charge in [-0.1, -0.05) is 49.9 Å². The van der Waals surface area contributed by atoms with Crippen LogP contribution in [0.5, 0.6) is 5.75 Å². The van der Waals surface area contributed by atoms with E-state index in [1.165, 1.54) is 18.6 Å². The Morgan fingerprint density at radius 3 is 2.49 bits per heavy atom. The number of aliphatic hydroxyl groups is 1. The van der Waals surface area contributed by atoms with E-state index in [2.05, 4.69) is 10.0 Å². The number of amides is 3. The zero-order chi connectivity index (χ0) is 29.7. The number of hydrogen-bond donors (Lipinski definition) is 3. The molecular formula is C30H42N4O6S. The van der Waals surface area contributed by atoms with Crippen molar-refractivity contribution in [1.29, 1.82) is 0 Å². The van der Waals surface area contributed by atoms with Crippen molar-refractivity contribution in [3.63, 3.8) is 0 Å². The summed E-state index contributed by atoms with van der Waals surface area (Å²) in [6.45, 7) is 5.83. The fourth-order valence-electron chi connectivity index (χ4n) is 5.35. The van der Waals surface area contributed by atoms with Crippen LogP contribution >= 0.6 is 0 Å². The molecule has 11 heteroatoms. The SMILES string of the molecule is Cc1ccc(S(=O)(=O)Nc2cccc3c2O[C@H](CN(C)C(=O)NC2CCCCC2)[C@@H](C)CN([C@H](C)CO)C3=O)cc1. The summed E-state index contributed by atoms with van der Waals surface area (Å²) in [5.41, 5.74) is 1.23. The minimum absolute atomic E-state index is 0.0810. The molecule has 1 fully saturated rings. The van der Waals surface area contributed by atoms with Gasteiger partial charge in [0.05, 0.1) is 35.3 Å². The predicted octanol–water partition coefficient (Wildman–Crippen LogP) is 3.99. The van der Waals surface area contributed by atoms with Crippen LogP contribution in [-0.4, -0.2) is 80.2 Å². The van der Waals surface area contributed by atoms with Crippen molar-refractivity contribution in [3.8, 4) is 5.75 Å². The number of sulfonamides is 1. The van der Waals surface area contributed by atoms with Crippen molar-refractivity contribution in [3.05, 3.63) is 53.6 Å². The van der Waals surface area contributed by atoms with E-state index >= 15 is 0 Å². The number of likely N-dealkylation sites (N-methyl/N-ethyl adjacent to an activating group) is 1. The standard InChI is InChI=1S/C30H42N4O6S/c1-20-13-15-24(16-14-20)41(38,39)32-26-12-8-11-25-28(26)40-27(21(2)17-34(29(25)36)22(3)19-35)18-33(4)30(37)31-23-9-6-5-7-10-23/h8,11-16,21-23,27,32,35H,5-7,9-10,17-19H2,1-4H3,(H,31,37)/t21-,22+,27+/m0/s1. The third-order valence-electron chi connectivity index (χ3n) is 8.00. The van der Waals surface area contributed by atoms with Gasteiger partial charge < -0.3 is 25.0 Å². The van der Waals surface area contributed by atoms with Gasteiger partial charge in [-0.15, -0.1) is 0 Å². The minimum Gasteiger partial charge on any atom is -0.485 e. The number of para-hydroxylation sites is 1. The number of ether oxygens (including phenoxy) is 1. The van der Waals surface area contributed by atoms with Gasteiger partial charge in [-0.05, 0) is 51.0 Å². The molecule has 0 bridgehead atoms. The number of nitrogens with one attached hydrogen (secondary N) is 2. The van der Waals surface area contributed by atoms with Gasteiger partial charge in [0.1, 0.15) is 6.10 Å². The first-order chi connectivity index (χ1) is 19.5. The summed E-state index contributed by atoms with van der Waals surface area (Å²) in [6, 6.07) is 10.7. The van der Waals surface area contributed by atoms with Crippen LogP contribution in [0, 0.1) is 12.8 Å². The van der Waals surface area contributed by atoms with Crippen molar-refractivity contribution < 1.29 is 27.9 Å². The monoisotopic (exact) mass is 586 g/mol. The van der Waals surface area contributed by atoms with Crippen molar-refractivity contribution in [2.75, 3.05) is 31.5 Å². The number of aliphatic hydroxyl groups excluding tert-OH is 1. The third-order valence-corrected chi connectivity index (χ3v) is 9.38. The maximum absolute atomic E-state index is 13.7. The molecule has 0 saturated heterocycles. The van der Waals surface area contributed by atoms with Crippen LogP contribution in [-0.2, 0) is 10.0 Å². The van der Waals surface area contributed by atoms with Crippen LogP contribution < -0.4 is 14.8 Å². The first kappa shape index (κ1) is 30.6. The molecule has 3 atom stereocenters. The number of hydrogen-bond acceptors (Lipinski definition) is 6. The smallest absolute Gasteiger partial charge is 0.317 e. The van der Waals surface area contributed by atoms with Crippen LogP contribution in [0.2, 0.25) is 0 Å². The number of carbonyl (C=O) groups excluding carboxylic acids is 2. The van der Waals surface area contributed by atoms with E-state index in [0.717, 1.165) is 31.2 Å². The highest BCUT2D eigenvalue weighted by atomic mass is 32.2. The Hall–Kier alpha value is -3.31. The van der Waals surface area contributed by atoms with Crippen molar-refractivity contribution in [2.45, 2.75) is 76.0 Å². The van der Waals surface area contributed by atoms with E-state index in [1.807, 2.05) is 13.8 Å². The molecule has 0 spiro atoms. The summed E-state index contributed by atoms with van der Waals surface area (Å²) in [6.07, 6.45) is 4.74. The van der Waals surface area contributed by atoms with E-state index in [-0.39, 0.29) is 58.9 Å². The number of carbonyl (C=O) groups is 2. The normalized spacial score (nSPS) is 20.7. The zero-order valence-corrected chi connectivity index (χ0v) is 25.1. The van der Waals surface area contributed by atoms with E-state index in [1.54, 1.807) is 54.1 Å². The molecule has 0 unspecified atom stereocenters. The van der Waals surface area contributed by atoms with Crippen molar-refractivity contribution in [2.24, 2.45) is 5.92 Å². The highest BCUT2D eigenvalue weighted by Crippen LogP contribution is 2.36. The molecule has 1 heterocycles. The molecule has 0 radical (unpaired) electrons. The Morgan fingerprint density at radius 1 is 1.15 bits per heavy atom. The highest BCUT2D eigenvalue weighted by Gasteiger charge is 2.35. The van der Waals surface area contributed by atoms with E-state index in [0.29, 0.717) is 6.54 Å². The van der Waals surface area contributed by atoms with Crippen LogP contribution in [0.4, 0.5) is 10.5 Å². The number of benzene rings is 2. The molecule has 3 amide bonds. The van der Waals surface area contributed by atoms with Crippen LogP contribution in [0.15, 0.2) is 47.4 Å². The largest absolute Gasteiger partial charge is 0.485 e. The van der Waals surface area contributed by atoms with Crippen LogP contribution in [0.3, 0.4) is 0 Å². The zero-order valence-electron chi connectivity index (χ0n) is 24.3. The quantitative estimate of drug-likeness (QED) is 0.429. The topological polar surface area (TPSA) is 128 Å². The molecule has 224 valence electrons. The first-order valence-electron chi connectivity index (χ1n) is 14.3. The molecule has 2 aromatic carbocycles. The van der Waals surface area contributed by atoms with Gasteiger partial charge in [0.25, 0.3) is 15.9 Å². The molecule has 2 aromatic rings. The van der Waals surface area contributed by atoms with Gasteiger partial charge in [-0.25, -0.2) is 13.2 Å². The van der Waals surface area contributed by atoms with E-state index in [9.17, 15) is 23.1 Å². The molecule has 41 heavy (non-hydrogen) atoms. The number of rotatable bonds is 8. The average molecular weight is 587 g/mol. The second-order valence-corrected chi connectivity index (χ2v) is 13.1. The number of anilines is 1. The summed E-state index contributed by atoms with van der Waals surface area (Å²) >= 11 is 0. The van der Waals surface area contributed by atoms with E-state index in [4.69, 9.17) is 4.74 Å². The summed E-state index contributed by atoms with van der Waals surface area (Å²) in [4.78, 5) is 30.0. The average Bonchev–Trinajstić information content (AvgIpc) is 2.95. The van der Waals surface area contributed by atoms with Gasteiger partial charge in [-0.2, -0.15) is 0 Å². The number of aryl methyl sites for hydroxylation is 1. The molecule has 0 aromatic heterocycles. The molecule has 1 aliphatic carbocycles. The second-order valence-electron chi connectivity index (χ2n) is 11.4. The molecule has 1 aliphatic heterocycles. The minimum atomic E-state index is -3.99. The van der Waals surface area contributed by atoms with Crippen molar-refractivity contribution >= 4 is 27.6 Å². The molecule has 1 saturated carbocycles. The molecule has 10 nitrogen and oxygen atoms in total. The van der Waals surface area contributed by atoms with E-state index < -0.39 is 22.2 Å². The van der Waals surface area contributed by atoms with Gasteiger partial charge in [0.15, 0.2) is 5.75 Å². The van der Waals surface area contributed by atoms with Crippen LogP contribution in [0.25, 0.3) is 0 Å². The fourth-order valence-corrected chi connectivity index (χ4v) is 6.41. The Bertz CT molecular complexity index is 1330.